The van der Waals surface area contributed by atoms with Crippen molar-refractivity contribution in [2.24, 2.45) is 5.92 Å². The minimum absolute atomic E-state index is 0.378. The average Bonchev–Trinajstić information content (AvgIpc) is 2.92. The monoisotopic (exact) mass is 349 g/mol. The summed E-state index contributed by atoms with van der Waals surface area (Å²) in [5, 5.41) is 12.4. The maximum atomic E-state index is 6.08. The van der Waals surface area contributed by atoms with Gasteiger partial charge >= 0.3 is 0 Å². The minimum Gasteiger partial charge on any atom is -0.398 e. The van der Waals surface area contributed by atoms with Crippen LogP contribution in [0.1, 0.15) is 44.2 Å². The number of rotatable bonds is 2. The molecule has 21 heavy (non-hydrogen) atoms. The number of anilines is 1. The van der Waals surface area contributed by atoms with Crippen molar-refractivity contribution in [2.75, 3.05) is 5.73 Å². The van der Waals surface area contributed by atoms with Crippen LogP contribution < -0.4 is 5.73 Å². The van der Waals surface area contributed by atoms with Crippen molar-refractivity contribution in [1.82, 2.24) is 20.2 Å². The summed E-state index contributed by atoms with van der Waals surface area (Å²) in [4.78, 5) is 0. The number of nitrogens with zero attached hydrogens (tertiary/aromatic N) is 4. The van der Waals surface area contributed by atoms with Gasteiger partial charge in [0.2, 0.25) is 0 Å². The van der Waals surface area contributed by atoms with E-state index in [0.717, 1.165) is 33.5 Å². The van der Waals surface area contributed by atoms with Gasteiger partial charge in [0.15, 0.2) is 5.82 Å². The van der Waals surface area contributed by atoms with Crippen LogP contribution in [0.5, 0.6) is 0 Å². The Hall–Kier alpha value is -1.43. The number of aromatic nitrogens is 4. The Kier molecular flexibility index (Phi) is 3.97. The molecule has 1 fully saturated rings. The molecule has 0 spiro atoms. The number of hydrogen-bond donors (Lipinski definition) is 1. The smallest absolute Gasteiger partial charge is 0.182 e. The molecular weight excluding hydrogens is 330 g/mol. The van der Waals surface area contributed by atoms with Crippen molar-refractivity contribution >= 4 is 21.6 Å². The van der Waals surface area contributed by atoms with E-state index in [1.807, 2.05) is 23.7 Å². The molecule has 3 rings (SSSR count). The fourth-order valence-corrected chi connectivity index (χ4v) is 3.66. The van der Waals surface area contributed by atoms with Gasteiger partial charge in [0, 0.05) is 15.7 Å². The first-order chi connectivity index (χ1) is 10.1. The second kappa shape index (κ2) is 5.75. The molecule has 1 aliphatic rings. The molecule has 2 atom stereocenters. The van der Waals surface area contributed by atoms with Gasteiger partial charge in [0.25, 0.3) is 0 Å². The number of tetrazole rings is 1. The highest BCUT2D eigenvalue weighted by Crippen LogP contribution is 2.37. The summed E-state index contributed by atoms with van der Waals surface area (Å²) in [6.45, 7) is 4.30. The number of halogens is 1. The summed E-state index contributed by atoms with van der Waals surface area (Å²) in [6.07, 6.45) is 4.93. The fraction of sp³-hybridized carbons (Fsp3) is 0.533. The first-order valence-electron chi connectivity index (χ1n) is 7.41. The van der Waals surface area contributed by atoms with E-state index in [4.69, 9.17) is 5.73 Å². The summed E-state index contributed by atoms with van der Waals surface area (Å²) < 4.78 is 2.95. The standard InChI is InChI=1S/C15H20BrN5/c1-9-5-3-4-6-14(9)21-15(18-19-20-21)12-7-11(16)8-13(17)10(12)2/h7-9,14H,3-6,17H2,1-2H3. The summed E-state index contributed by atoms with van der Waals surface area (Å²) >= 11 is 3.51. The van der Waals surface area contributed by atoms with Crippen LogP contribution in [0.3, 0.4) is 0 Å². The fourth-order valence-electron chi connectivity index (χ4n) is 3.19. The Morgan fingerprint density at radius 2 is 2.05 bits per heavy atom. The first kappa shape index (κ1) is 14.5. The van der Waals surface area contributed by atoms with Gasteiger partial charge < -0.3 is 5.73 Å². The molecule has 0 saturated heterocycles. The van der Waals surface area contributed by atoms with E-state index >= 15 is 0 Å². The minimum atomic E-state index is 0.378. The Labute approximate surface area is 133 Å². The predicted molar refractivity (Wildman–Crippen MR) is 86.8 cm³/mol. The van der Waals surface area contributed by atoms with Crippen LogP contribution in [0.2, 0.25) is 0 Å². The molecule has 1 aromatic carbocycles. The highest BCUT2D eigenvalue weighted by molar-refractivity contribution is 9.10. The Bertz CT molecular complexity index is 652. The second-order valence-electron chi connectivity index (χ2n) is 5.94. The normalized spacial score (nSPS) is 22.4. The van der Waals surface area contributed by atoms with Crippen LogP contribution in [0, 0.1) is 12.8 Å². The molecule has 112 valence electrons. The molecule has 1 saturated carbocycles. The van der Waals surface area contributed by atoms with Crippen molar-refractivity contribution in [2.45, 2.75) is 45.6 Å². The van der Waals surface area contributed by atoms with Crippen molar-refractivity contribution in [1.29, 1.82) is 0 Å². The molecule has 2 N–H and O–H groups in total. The maximum Gasteiger partial charge on any atom is 0.182 e. The van der Waals surface area contributed by atoms with Gasteiger partial charge in [0.05, 0.1) is 6.04 Å². The molecule has 1 aliphatic carbocycles. The molecule has 0 radical (unpaired) electrons. The summed E-state index contributed by atoms with van der Waals surface area (Å²) in [6, 6.07) is 4.33. The quantitative estimate of drug-likeness (QED) is 0.838. The Morgan fingerprint density at radius 3 is 2.81 bits per heavy atom. The molecule has 6 heteroatoms. The summed E-state index contributed by atoms with van der Waals surface area (Å²) in [7, 11) is 0. The van der Waals surface area contributed by atoms with Crippen molar-refractivity contribution in [3.05, 3.63) is 22.2 Å². The molecule has 0 aliphatic heterocycles. The topological polar surface area (TPSA) is 69.6 Å². The highest BCUT2D eigenvalue weighted by Gasteiger charge is 2.27. The molecule has 1 heterocycles. The number of nitrogen functional groups attached to an aromatic ring is 1. The summed E-state index contributed by atoms with van der Waals surface area (Å²) in [5.74, 6) is 1.42. The molecule has 1 aromatic heterocycles. The van der Waals surface area contributed by atoms with E-state index in [-0.39, 0.29) is 0 Å². The lowest BCUT2D eigenvalue weighted by molar-refractivity contribution is 0.239. The van der Waals surface area contributed by atoms with Crippen LogP contribution >= 0.6 is 15.9 Å². The third-order valence-corrected chi connectivity index (χ3v) is 4.98. The van der Waals surface area contributed by atoms with Crippen LogP contribution in [0.25, 0.3) is 11.4 Å². The van der Waals surface area contributed by atoms with Gasteiger partial charge in [-0.2, -0.15) is 0 Å². The molecule has 5 nitrogen and oxygen atoms in total. The first-order valence-corrected chi connectivity index (χ1v) is 8.21. The van der Waals surface area contributed by atoms with E-state index in [1.54, 1.807) is 0 Å². The van der Waals surface area contributed by atoms with E-state index < -0.39 is 0 Å². The third kappa shape index (κ3) is 2.69. The molecular formula is C15H20BrN5. The number of hydrogen-bond acceptors (Lipinski definition) is 4. The lowest BCUT2D eigenvalue weighted by Crippen LogP contribution is -2.23. The van der Waals surface area contributed by atoms with Crippen LogP contribution in [0.15, 0.2) is 16.6 Å². The SMILES string of the molecule is Cc1c(N)cc(Br)cc1-c1nnnn1C1CCCCC1C. The zero-order valence-electron chi connectivity index (χ0n) is 12.4. The van der Waals surface area contributed by atoms with Crippen molar-refractivity contribution in [3.63, 3.8) is 0 Å². The predicted octanol–water partition coefficient (Wildman–Crippen LogP) is 3.74. The molecule has 2 unspecified atom stereocenters. The van der Waals surface area contributed by atoms with E-state index in [2.05, 4.69) is 38.4 Å². The van der Waals surface area contributed by atoms with Gasteiger partial charge in [-0.15, -0.1) is 5.10 Å². The summed E-state index contributed by atoms with van der Waals surface area (Å²) in [5.41, 5.74) is 8.86. The molecule has 2 aromatic rings. The average molecular weight is 350 g/mol. The van der Waals surface area contributed by atoms with Gasteiger partial charge in [-0.3, -0.25) is 0 Å². The van der Waals surface area contributed by atoms with Gasteiger partial charge in [-0.1, -0.05) is 35.7 Å². The van der Waals surface area contributed by atoms with Crippen LogP contribution in [-0.4, -0.2) is 20.2 Å². The lowest BCUT2D eigenvalue weighted by atomic mass is 9.86. The Balaban J connectivity index is 2.07. The largest absolute Gasteiger partial charge is 0.398 e. The third-order valence-electron chi connectivity index (χ3n) is 4.53. The number of nitrogens with two attached hydrogens (primary N) is 1. The maximum absolute atomic E-state index is 6.08. The van der Waals surface area contributed by atoms with E-state index in [1.165, 1.54) is 19.3 Å². The van der Waals surface area contributed by atoms with E-state index in [9.17, 15) is 0 Å². The van der Waals surface area contributed by atoms with Crippen LogP contribution in [0.4, 0.5) is 5.69 Å². The number of benzene rings is 1. The van der Waals surface area contributed by atoms with Gasteiger partial charge in [-0.05, 0) is 53.8 Å². The van der Waals surface area contributed by atoms with E-state index in [0.29, 0.717) is 12.0 Å². The van der Waals surface area contributed by atoms with Crippen molar-refractivity contribution < 1.29 is 0 Å². The molecule has 0 amide bonds. The zero-order valence-corrected chi connectivity index (χ0v) is 14.0. The molecule has 0 bridgehead atoms. The van der Waals surface area contributed by atoms with Crippen molar-refractivity contribution in [3.8, 4) is 11.4 Å². The zero-order chi connectivity index (χ0) is 15.0. The highest BCUT2D eigenvalue weighted by atomic mass is 79.9. The van der Waals surface area contributed by atoms with Gasteiger partial charge in [-0.25, -0.2) is 4.68 Å². The second-order valence-corrected chi connectivity index (χ2v) is 6.86. The Morgan fingerprint density at radius 1 is 1.29 bits per heavy atom. The van der Waals surface area contributed by atoms with Gasteiger partial charge in [0.1, 0.15) is 0 Å². The lowest BCUT2D eigenvalue weighted by Gasteiger charge is -2.29. The van der Waals surface area contributed by atoms with Crippen LogP contribution in [-0.2, 0) is 0 Å².